The van der Waals surface area contributed by atoms with E-state index in [2.05, 4.69) is 4.98 Å². The number of carboxylic acid groups (broad SMARTS) is 1. The molecule has 0 radical (unpaired) electrons. The predicted molar refractivity (Wildman–Crippen MR) is 61.8 cm³/mol. The molecule has 4 nitrogen and oxygen atoms in total. The van der Waals surface area contributed by atoms with Crippen molar-refractivity contribution >= 4 is 40.1 Å². The Kier molecular flexibility index (Phi) is 2.69. The van der Waals surface area contributed by atoms with Gasteiger partial charge < -0.3 is 14.8 Å². The minimum absolute atomic E-state index is 0.0393. The number of aromatic carboxylic acids is 1. The summed E-state index contributed by atoms with van der Waals surface area (Å²) in [6.07, 6.45) is 0. The van der Waals surface area contributed by atoms with Gasteiger partial charge in [-0.15, -0.1) is 0 Å². The summed E-state index contributed by atoms with van der Waals surface area (Å²) in [5, 5.41) is 10.1. The van der Waals surface area contributed by atoms with Crippen molar-refractivity contribution in [2.24, 2.45) is 0 Å². The van der Waals surface area contributed by atoms with Crippen LogP contribution in [0.15, 0.2) is 12.1 Å². The van der Waals surface area contributed by atoms with E-state index in [1.54, 1.807) is 0 Å². The highest BCUT2D eigenvalue weighted by Crippen LogP contribution is 2.38. The molecule has 1 aromatic heterocycles. The average molecular weight is 260 g/mol. The van der Waals surface area contributed by atoms with Gasteiger partial charge in [0.15, 0.2) is 0 Å². The molecule has 0 saturated heterocycles. The lowest BCUT2D eigenvalue weighted by molar-refractivity contribution is 0.0691. The average Bonchev–Trinajstić information content (AvgIpc) is 2.63. The Balaban J connectivity index is 2.83. The molecule has 0 aliphatic heterocycles. The smallest absolute Gasteiger partial charge is 0.352 e. The van der Waals surface area contributed by atoms with Crippen LogP contribution in [0.3, 0.4) is 0 Å². The van der Waals surface area contributed by atoms with E-state index in [1.807, 2.05) is 0 Å². The van der Waals surface area contributed by atoms with Crippen LogP contribution in [-0.2, 0) is 0 Å². The summed E-state index contributed by atoms with van der Waals surface area (Å²) in [5.41, 5.74) is 0.540. The lowest BCUT2D eigenvalue weighted by atomic mass is 10.2. The van der Waals surface area contributed by atoms with Gasteiger partial charge in [0.05, 0.1) is 22.7 Å². The first kappa shape index (κ1) is 11.1. The third-order valence-electron chi connectivity index (χ3n) is 2.21. The number of rotatable bonds is 2. The third kappa shape index (κ3) is 1.60. The van der Waals surface area contributed by atoms with E-state index in [0.29, 0.717) is 26.7 Å². The van der Waals surface area contributed by atoms with Crippen molar-refractivity contribution in [3.05, 3.63) is 27.9 Å². The van der Waals surface area contributed by atoms with Gasteiger partial charge in [-0.25, -0.2) is 4.79 Å². The van der Waals surface area contributed by atoms with Crippen molar-refractivity contribution < 1.29 is 14.6 Å². The molecule has 6 heteroatoms. The molecule has 0 bridgehead atoms. The number of hydrogen-bond acceptors (Lipinski definition) is 2. The number of halogens is 2. The molecule has 0 atom stereocenters. The van der Waals surface area contributed by atoms with Crippen LogP contribution in [0.2, 0.25) is 10.0 Å². The van der Waals surface area contributed by atoms with E-state index < -0.39 is 5.97 Å². The van der Waals surface area contributed by atoms with Crippen LogP contribution in [0.4, 0.5) is 0 Å². The van der Waals surface area contributed by atoms with Crippen molar-refractivity contribution in [2.75, 3.05) is 7.11 Å². The fourth-order valence-electron chi connectivity index (χ4n) is 1.52. The molecule has 2 aromatic rings. The SMILES string of the molecule is COc1c(Cl)cc(Cl)c2[nH]c(C(=O)O)cc12. The van der Waals surface area contributed by atoms with E-state index >= 15 is 0 Å². The Hall–Kier alpha value is -1.39. The summed E-state index contributed by atoms with van der Waals surface area (Å²) < 4.78 is 5.10. The van der Waals surface area contributed by atoms with Crippen molar-refractivity contribution in [3.63, 3.8) is 0 Å². The normalized spacial score (nSPS) is 10.7. The Labute approximate surface area is 101 Å². The highest BCUT2D eigenvalue weighted by molar-refractivity contribution is 6.39. The fraction of sp³-hybridized carbons (Fsp3) is 0.100. The number of H-pyrrole nitrogens is 1. The molecule has 0 spiro atoms. The number of fused-ring (bicyclic) bond motifs is 1. The van der Waals surface area contributed by atoms with Crippen LogP contribution in [0.1, 0.15) is 10.5 Å². The molecule has 2 N–H and O–H groups in total. The van der Waals surface area contributed by atoms with Crippen molar-refractivity contribution in [1.29, 1.82) is 0 Å². The number of benzene rings is 1. The second kappa shape index (κ2) is 3.88. The topological polar surface area (TPSA) is 62.3 Å². The second-order valence-electron chi connectivity index (χ2n) is 3.15. The van der Waals surface area contributed by atoms with Gasteiger partial charge in [-0.3, -0.25) is 0 Å². The number of methoxy groups -OCH3 is 1. The van der Waals surface area contributed by atoms with Gasteiger partial charge in [-0.1, -0.05) is 23.2 Å². The summed E-state index contributed by atoms with van der Waals surface area (Å²) >= 11 is 11.9. The number of aromatic nitrogens is 1. The van der Waals surface area contributed by atoms with Gasteiger partial charge in [-0.2, -0.15) is 0 Å². The minimum Gasteiger partial charge on any atom is -0.494 e. The van der Waals surface area contributed by atoms with E-state index in [0.717, 1.165) is 0 Å². The molecule has 0 aliphatic carbocycles. The van der Waals surface area contributed by atoms with Crippen LogP contribution in [-0.4, -0.2) is 23.2 Å². The predicted octanol–water partition coefficient (Wildman–Crippen LogP) is 3.18. The van der Waals surface area contributed by atoms with Crippen LogP contribution >= 0.6 is 23.2 Å². The molecule has 84 valence electrons. The zero-order valence-corrected chi connectivity index (χ0v) is 9.69. The highest BCUT2D eigenvalue weighted by Gasteiger charge is 2.16. The van der Waals surface area contributed by atoms with E-state index in [-0.39, 0.29) is 5.69 Å². The van der Waals surface area contributed by atoms with Gasteiger partial charge in [0.2, 0.25) is 0 Å². The van der Waals surface area contributed by atoms with Crippen molar-refractivity contribution in [1.82, 2.24) is 4.98 Å². The molecule has 0 amide bonds. The number of nitrogens with one attached hydrogen (secondary N) is 1. The molecule has 0 unspecified atom stereocenters. The van der Waals surface area contributed by atoms with Crippen LogP contribution in [0.25, 0.3) is 10.9 Å². The molecule has 16 heavy (non-hydrogen) atoms. The standard InChI is InChI=1S/C10H7Cl2NO3/c1-16-9-4-2-7(10(14)15)13-8(4)5(11)3-6(9)12/h2-3,13H,1H3,(H,14,15). The van der Waals surface area contributed by atoms with E-state index in [9.17, 15) is 4.79 Å². The molecule has 0 saturated carbocycles. The summed E-state index contributed by atoms with van der Waals surface area (Å²) in [6.45, 7) is 0. The maximum atomic E-state index is 10.8. The third-order valence-corrected chi connectivity index (χ3v) is 2.78. The molecule has 0 fully saturated rings. The molecule has 1 aromatic carbocycles. The quantitative estimate of drug-likeness (QED) is 0.871. The number of ether oxygens (including phenoxy) is 1. The Bertz CT molecular complexity index is 577. The van der Waals surface area contributed by atoms with Crippen LogP contribution in [0.5, 0.6) is 5.75 Å². The molecule has 0 aliphatic rings. The van der Waals surface area contributed by atoms with Crippen LogP contribution < -0.4 is 4.74 Å². The van der Waals surface area contributed by atoms with E-state index in [4.69, 9.17) is 33.0 Å². The first-order chi connectivity index (χ1) is 7.54. The number of carboxylic acids is 1. The zero-order valence-electron chi connectivity index (χ0n) is 8.17. The maximum Gasteiger partial charge on any atom is 0.352 e. The molecular formula is C10H7Cl2NO3. The maximum absolute atomic E-state index is 10.8. The summed E-state index contributed by atoms with van der Waals surface area (Å²) in [4.78, 5) is 13.5. The first-order valence-electron chi connectivity index (χ1n) is 4.32. The largest absolute Gasteiger partial charge is 0.494 e. The van der Waals surface area contributed by atoms with Crippen LogP contribution in [0, 0.1) is 0 Å². The monoisotopic (exact) mass is 259 g/mol. The molecule has 2 rings (SSSR count). The summed E-state index contributed by atoms with van der Waals surface area (Å²) in [6, 6.07) is 2.95. The highest BCUT2D eigenvalue weighted by atomic mass is 35.5. The number of aromatic amines is 1. The van der Waals surface area contributed by atoms with Gasteiger partial charge in [-0.05, 0) is 12.1 Å². The van der Waals surface area contributed by atoms with Gasteiger partial charge in [0.1, 0.15) is 11.4 Å². The minimum atomic E-state index is -1.06. The van der Waals surface area contributed by atoms with Crippen molar-refractivity contribution in [2.45, 2.75) is 0 Å². The van der Waals surface area contributed by atoms with Gasteiger partial charge in [0, 0.05) is 5.39 Å². The Morgan fingerprint density at radius 1 is 1.38 bits per heavy atom. The fourth-order valence-corrected chi connectivity index (χ4v) is 2.12. The van der Waals surface area contributed by atoms with Gasteiger partial charge in [0.25, 0.3) is 0 Å². The van der Waals surface area contributed by atoms with Gasteiger partial charge >= 0.3 is 5.97 Å². The molecular weight excluding hydrogens is 253 g/mol. The summed E-state index contributed by atoms with van der Waals surface area (Å²) in [5.74, 6) is -0.657. The molecule has 1 heterocycles. The number of carbonyl (C=O) groups is 1. The Morgan fingerprint density at radius 3 is 2.62 bits per heavy atom. The van der Waals surface area contributed by atoms with Crippen molar-refractivity contribution in [3.8, 4) is 5.75 Å². The lowest BCUT2D eigenvalue weighted by Crippen LogP contribution is -1.94. The van der Waals surface area contributed by atoms with E-state index in [1.165, 1.54) is 19.2 Å². The Morgan fingerprint density at radius 2 is 2.06 bits per heavy atom. The zero-order chi connectivity index (χ0) is 11.9. The second-order valence-corrected chi connectivity index (χ2v) is 3.96. The lowest BCUT2D eigenvalue weighted by Gasteiger charge is -2.05. The number of hydrogen-bond donors (Lipinski definition) is 2. The first-order valence-corrected chi connectivity index (χ1v) is 5.08. The summed E-state index contributed by atoms with van der Waals surface area (Å²) in [7, 11) is 1.46.